The summed E-state index contributed by atoms with van der Waals surface area (Å²) in [7, 11) is 0. The smallest absolute Gasteiger partial charge is 0.130 e. The van der Waals surface area contributed by atoms with Gasteiger partial charge in [0.2, 0.25) is 0 Å². The number of rotatable bonds is 3. The van der Waals surface area contributed by atoms with Gasteiger partial charge in [-0.2, -0.15) is 0 Å². The monoisotopic (exact) mass is 197 g/mol. The van der Waals surface area contributed by atoms with Crippen molar-refractivity contribution in [2.24, 2.45) is 0 Å². The quantitative estimate of drug-likeness (QED) is 0.726. The Morgan fingerprint density at radius 2 is 1.53 bits per heavy atom. The van der Waals surface area contributed by atoms with Crippen LogP contribution >= 0.6 is 0 Å². The van der Waals surface area contributed by atoms with Gasteiger partial charge in [0.15, 0.2) is 0 Å². The zero-order valence-corrected chi connectivity index (χ0v) is 8.52. The Bertz CT molecular complexity index is 420. The van der Waals surface area contributed by atoms with Crippen molar-refractivity contribution in [1.29, 1.82) is 0 Å². The van der Waals surface area contributed by atoms with Crippen molar-refractivity contribution < 1.29 is 4.74 Å². The molecule has 0 fully saturated rings. The van der Waals surface area contributed by atoms with Crippen LogP contribution in [0.2, 0.25) is 0 Å². The maximum atomic E-state index is 5.76. The Balaban J connectivity index is 2.24. The molecule has 1 radical (unpaired) electrons. The molecule has 0 saturated carbocycles. The molecule has 0 heterocycles. The SMILES string of the molecule is [CH2]Cc1ccccc1Oc1ccccc1. The fourth-order valence-electron chi connectivity index (χ4n) is 1.43. The van der Waals surface area contributed by atoms with Crippen LogP contribution in [0.4, 0.5) is 0 Å². The van der Waals surface area contributed by atoms with Gasteiger partial charge in [-0.3, -0.25) is 0 Å². The Morgan fingerprint density at radius 3 is 2.27 bits per heavy atom. The Morgan fingerprint density at radius 1 is 0.867 bits per heavy atom. The van der Waals surface area contributed by atoms with Crippen molar-refractivity contribution in [3.05, 3.63) is 67.1 Å². The summed E-state index contributed by atoms with van der Waals surface area (Å²) >= 11 is 0. The predicted octanol–water partition coefficient (Wildman–Crippen LogP) is 3.86. The van der Waals surface area contributed by atoms with Gasteiger partial charge in [0, 0.05) is 0 Å². The molecule has 0 aromatic heterocycles. The van der Waals surface area contributed by atoms with Crippen molar-refractivity contribution in [2.45, 2.75) is 6.42 Å². The maximum absolute atomic E-state index is 5.76. The molecule has 1 heteroatoms. The topological polar surface area (TPSA) is 9.23 Å². The summed E-state index contributed by atoms with van der Waals surface area (Å²) in [6, 6.07) is 17.7. The first-order valence-electron chi connectivity index (χ1n) is 5.00. The van der Waals surface area contributed by atoms with Crippen LogP contribution < -0.4 is 4.74 Å². The lowest BCUT2D eigenvalue weighted by molar-refractivity contribution is 0.477. The third-order valence-corrected chi connectivity index (χ3v) is 2.21. The van der Waals surface area contributed by atoms with E-state index in [-0.39, 0.29) is 0 Å². The summed E-state index contributed by atoms with van der Waals surface area (Å²) in [5, 5.41) is 0. The second-order valence-corrected chi connectivity index (χ2v) is 3.27. The van der Waals surface area contributed by atoms with Crippen molar-refractivity contribution in [2.75, 3.05) is 0 Å². The highest BCUT2D eigenvalue weighted by Crippen LogP contribution is 2.24. The number of hydrogen-bond donors (Lipinski definition) is 0. The summed E-state index contributed by atoms with van der Waals surface area (Å²) < 4.78 is 5.76. The average Bonchev–Trinajstić information content (AvgIpc) is 2.31. The lowest BCUT2D eigenvalue weighted by Crippen LogP contribution is -1.89. The standard InChI is InChI=1S/C14H13O/c1-2-12-8-6-7-11-14(12)15-13-9-4-3-5-10-13/h3-11H,1-2H2. The number of ether oxygens (including phenoxy) is 1. The predicted molar refractivity (Wildman–Crippen MR) is 62.0 cm³/mol. The van der Waals surface area contributed by atoms with Gasteiger partial charge in [0.05, 0.1) is 0 Å². The van der Waals surface area contributed by atoms with Gasteiger partial charge in [0.1, 0.15) is 11.5 Å². The average molecular weight is 197 g/mol. The first kappa shape index (κ1) is 9.78. The van der Waals surface area contributed by atoms with E-state index in [4.69, 9.17) is 4.74 Å². The zero-order valence-electron chi connectivity index (χ0n) is 8.52. The molecule has 0 aliphatic carbocycles. The Labute approximate surface area is 90.3 Å². The van der Waals surface area contributed by atoms with Crippen LogP contribution in [0.5, 0.6) is 11.5 Å². The highest BCUT2D eigenvalue weighted by molar-refractivity contribution is 5.37. The first-order valence-corrected chi connectivity index (χ1v) is 5.00. The van der Waals surface area contributed by atoms with Gasteiger partial charge < -0.3 is 4.74 Å². The summed E-state index contributed by atoms with van der Waals surface area (Å²) in [6.07, 6.45) is 0.739. The van der Waals surface area contributed by atoms with Gasteiger partial charge in [-0.1, -0.05) is 36.4 Å². The van der Waals surface area contributed by atoms with Crippen molar-refractivity contribution in [1.82, 2.24) is 0 Å². The van der Waals surface area contributed by atoms with E-state index in [1.54, 1.807) is 0 Å². The molecule has 2 aromatic rings. The molecule has 2 rings (SSSR count). The van der Waals surface area contributed by atoms with Gasteiger partial charge in [-0.15, -0.1) is 0 Å². The van der Waals surface area contributed by atoms with E-state index < -0.39 is 0 Å². The first-order chi connectivity index (χ1) is 7.40. The fraction of sp³-hybridized carbons (Fsp3) is 0.0714. The van der Waals surface area contributed by atoms with E-state index in [0.717, 1.165) is 23.5 Å². The third kappa shape index (κ3) is 2.38. The summed E-state index contributed by atoms with van der Waals surface area (Å²) in [5.74, 6) is 1.75. The summed E-state index contributed by atoms with van der Waals surface area (Å²) in [6.45, 7) is 3.88. The van der Waals surface area contributed by atoms with Gasteiger partial charge in [-0.25, -0.2) is 0 Å². The molecule has 0 bridgehead atoms. The van der Waals surface area contributed by atoms with Crippen LogP contribution in [-0.2, 0) is 6.42 Å². The summed E-state index contributed by atoms with van der Waals surface area (Å²) in [5.41, 5.74) is 1.13. The molecule has 0 aliphatic heterocycles. The van der Waals surface area contributed by atoms with Gasteiger partial charge in [-0.05, 0) is 37.1 Å². The van der Waals surface area contributed by atoms with Crippen LogP contribution in [-0.4, -0.2) is 0 Å². The molecule has 0 saturated heterocycles. The molecule has 15 heavy (non-hydrogen) atoms. The van der Waals surface area contributed by atoms with E-state index in [2.05, 4.69) is 6.92 Å². The molecule has 0 aliphatic rings. The largest absolute Gasteiger partial charge is 0.457 e. The van der Waals surface area contributed by atoms with E-state index >= 15 is 0 Å². The molecule has 0 atom stereocenters. The summed E-state index contributed by atoms with van der Waals surface area (Å²) in [4.78, 5) is 0. The molecule has 75 valence electrons. The van der Waals surface area contributed by atoms with Crippen molar-refractivity contribution in [3.8, 4) is 11.5 Å². The minimum Gasteiger partial charge on any atom is -0.457 e. The normalized spacial score (nSPS) is 9.93. The zero-order chi connectivity index (χ0) is 10.5. The second-order valence-electron chi connectivity index (χ2n) is 3.27. The van der Waals surface area contributed by atoms with E-state index in [1.807, 2.05) is 54.6 Å². The molecular formula is C14H13O. The van der Waals surface area contributed by atoms with Crippen LogP contribution in [0.25, 0.3) is 0 Å². The van der Waals surface area contributed by atoms with Crippen LogP contribution in [0, 0.1) is 6.92 Å². The van der Waals surface area contributed by atoms with Crippen LogP contribution in [0.3, 0.4) is 0 Å². The molecule has 0 amide bonds. The van der Waals surface area contributed by atoms with Crippen molar-refractivity contribution >= 4 is 0 Å². The number of benzene rings is 2. The number of para-hydroxylation sites is 2. The van der Waals surface area contributed by atoms with Gasteiger partial charge in [0.25, 0.3) is 0 Å². The Kier molecular flexibility index (Phi) is 3.03. The van der Waals surface area contributed by atoms with Crippen LogP contribution in [0.1, 0.15) is 5.56 Å². The van der Waals surface area contributed by atoms with Crippen molar-refractivity contribution in [3.63, 3.8) is 0 Å². The molecule has 2 aromatic carbocycles. The fourth-order valence-corrected chi connectivity index (χ4v) is 1.43. The number of hydrogen-bond acceptors (Lipinski definition) is 1. The minimum atomic E-state index is 0.739. The molecular weight excluding hydrogens is 184 g/mol. The highest BCUT2D eigenvalue weighted by atomic mass is 16.5. The molecule has 1 nitrogen and oxygen atoms in total. The van der Waals surface area contributed by atoms with Gasteiger partial charge >= 0.3 is 0 Å². The lowest BCUT2D eigenvalue weighted by atomic mass is 10.1. The third-order valence-electron chi connectivity index (χ3n) is 2.21. The molecule has 0 spiro atoms. The highest BCUT2D eigenvalue weighted by Gasteiger charge is 2.01. The van der Waals surface area contributed by atoms with Crippen LogP contribution in [0.15, 0.2) is 54.6 Å². The van der Waals surface area contributed by atoms with E-state index in [0.29, 0.717) is 0 Å². The minimum absolute atomic E-state index is 0.739. The second kappa shape index (κ2) is 4.65. The Hall–Kier alpha value is -1.76. The molecule has 0 unspecified atom stereocenters. The van der Waals surface area contributed by atoms with E-state index in [1.165, 1.54) is 0 Å². The van der Waals surface area contributed by atoms with E-state index in [9.17, 15) is 0 Å². The molecule has 0 N–H and O–H groups in total. The lowest BCUT2D eigenvalue weighted by Gasteiger charge is -2.09. The maximum Gasteiger partial charge on any atom is 0.130 e.